The van der Waals surface area contributed by atoms with Crippen molar-refractivity contribution in [1.29, 1.82) is 0 Å². The number of thioether (sulfide) groups is 1. The van der Waals surface area contributed by atoms with E-state index in [1.807, 2.05) is 6.26 Å². The van der Waals surface area contributed by atoms with Crippen LogP contribution in [0.15, 0.2) is 12.4 Å². The summed E-state index contributed by atoms with van der Waals surface area (Å²) in [6.07, 6.45) is 4.66. The molecule has 4 nitrogen and oxygen atoms in total. The topological polar surface area (TPSA) is 54.9 Å². The summed E-state index contributed by atoms with van der Waals surface area (Å²) in [6.45, 7) is 0. The van der Waals surface area contributed by atoms with Crippen LogP contribution in [0.1, 0.15) is 0 Å². The molecule has 1 rings (SSSR count). The fourth-order valence-electron chi connectivity index (χ4n) is 0.687. The van der Waals surface area contributed by atoms with Crippen LogP contribution in [0, 0.1) is 0 Å². The normalized spacial score (nSPS) is 9.69. The van der Waals surface area contributed by atoms with Crippen LogP contribution in [-0.2, 0) is 4.79 Å². The highest BCUT2D eigenvalue weighted by Crippen LogP contribution is 2.05. The minimum absolute atomic E-state index is 0.0934. The molecule has 1 amide bonds. The predicted molar refractivity (Wildman–Crippen MR) is 54.1 cm³/mol. The summed E-state index contributed by atoms with van der Waals surface area (Å²) in [5.74, 6) is 0.734. The van der Waals surface area contributed by atoms with Gasteiger partial charge in [0.25, 0.3) is 0 Å². The number of anilines is 1. The maximum absolute atomic E-state index is 11.1. The molecule has 6 heteroatoms. The van der Waals surface area contributed by atoms with Crippen LogP contribution < -0.4 is 5.32 Å². The Bertz CT molecular complexity index is 290. The lowest BCUT2D eigenvalue weighted by molar-refractivity contribution is -0.113. The standard InChI is InChI=1S/C7H8ClN3OS/c1-13-4-7(12)11-6-3-9-5(8)2-10-6/h2-3H,4H2,1H3,(H,10,11,12). The molecule has 0 unspecified atom stereocenters. The summed E-state index contributed by atoms with van der Waals surface area (Å²) in [5, 5.41) is 2.89. The summed E-state index contributed by atoms with van der Waals surface area (Å²) >= 11 is 6.96. The average molecular weight is 218 g/mol. The Hall–Kier alpha value is -0.810. The molecule has 0 spiro atoms. The van der Waals surface area contributed by atoms with E-state index in [9.17, 15) is 4.79 Å². The summed E-state index contributed by atoms with van der Waals surface area (Å²) in [7, 11) is 0. The zero-order valence-corrected chi connectivity index (χ0v) is 8.52. The fourth-order valence-corrected chi connectivity index (χ4v) is 1.12. The first-order chi connectivity index (χ1) is 6.22. The highest BCUT2D eigenvalue weighted by Gasteiger charge is 2.01. The molecule has 0 fully saturated rings. The van der Waals surface area contributed by atoms with Gasteiger partial charge in [0.15, 0.2) is 5.82 Å². The van der Waals surface area contributed by atoms with Crippen LogP contribution in [0.5, 0.6) is 0 Å². The van der Waals surface area contributed by atoms with Gasteiger partial charge < -0.3 is 5.32 Å². The molecular formula is C7H8ClN3OS. The molecule has 0 atom stereocenters. The second kappa shape index (κ2) is 5.04. The molecule has 70 valence electrons. The minimum atomic E-state index is -0.0934. The van der Waals surface area contributed by atoms with E-state index in [1.165, 1.54) is 24.2 Å². The number of halogens is 1. The van der Waals surface area contributed by atoms with Crippen molar-refractivity contribution in [3.63, 3.8) is 0 Å². The van der Waals surface area contributed by atoms with E-state index < -0.39 is 0 Å². The summed E-state index contributed by atoms with van der Waals surface area (Å²) < 4.78 is 0. The summed E-state index contributed by atoms with van der Waals surface area (Å²) in [6, 6.07) is 0. The van der Waals surface area contributed by atoms with Gasteiger partial charge in [0.05, 0.1) is 18.1 Å². The van der Waals surface area contributed by atoms with Crippen molar-refractivity contribution >= 4 is 35.1 Å². The molecular weight excluding hydrogens is 210 g/mol. The van der Waals surface area contributed by atoms with E-state index >= 15 is 0 Å². The Balaban J connectivity index is 2.54. The molecule has 1 aromatic heterocycles. The van der Waals surface area contributed by atoms with Gasteiger partial charge in [-0.25, -0.2) is 9.97 Å². The molecule has 0 saturated heterocycles. The van der Waals surface area contributed by atoms with Gasteiger partial charge >= 0.3 is 0 Å². The molecule has 13 heavy (non-hydrogen) atoms. The number of carbonyl (C=O) groups is 1. The van der Waals surface area contributed by atoms with Crippen LogP contribution in [0.4, 0.5) is 5.82 Å². The zero-order chi connectivity index (χ0) is 9.68. The van der Waals surface area contributed by atoms with Gasteiger partial charge in [0.2, 0.25) is 5.91 Å². The largest absolute Gasteiger partial charge is 0.309 e. The van der Waals surface area contributed by atoms with Crippen molar-refractivity contribution in [2.24, 2.45) is 0 Å². The minimum Gasteiger partial charge on any atom is -0.309 e. The third-order valence-electron chi connectivity index (χ3n) is 1.16. The molecule has 0 aliphatic rings. The number of aromatic nitrogens is 2. The number of nitrogens with zero attached hydrogens (tertiary/aromatic N) is 2. The van der Waals surface area contributed by atoms with Crippen molar-refractivity contribution in [3.05, 3.63) is 17.5 Å². The summed E-state index contributed by atoms with van der Waals surface area (Å²) in [4.78, 5) is 18.7. The number of carbonyl (C=O) groups excluding carboxylic acids is 1. The lowest BCUT2D eigenvalue weighted by Gasteiger charge is -2.01. The molecule has 1 aromatic rings. The molecule has 1 N–H and O–H groups in total. The Morgan fingerprint density at radius 2 is 2.38 bits per heavy atom. The lowest BCUT2D eigenvalue weighted by atomic mass is 10.6. The van der Waals surface area contributed by atoms with Crippen molar-refractivity contribution in [2.45, 2.75) is 0 Å². The second-order valence-electron chi connectivity index (χ2n) is 2.21. The Labute approximate surface area is 85.1 Å². The van der Waals surface area contributed by atoms with Crippen LogP contribution in [-0.4, -0.2) is 27.9 Å². The smallest absolute Gasteiger partial charge is 0.235 e. The van der Waals surface area contributed by atoms with E-state index in [-0.39, 0.29) is 5.91 Å². The maximum atomic E-state index is 11.1. The van der Waals surface area contributed by atoms with Gasteiger partial charge in [-0.1, -0.05) is 11.6 Å². The van der Waals surface area contributed by atoms with Gasteiger partial charge in [0.1, 0.15) is 5.15 Å². The van der Waals surface area contributed by atoms with Gasteiger partial charge in [-0.05, 0) is 6.26 Å². The van der Waals surface area contributed by atoms with E-state index in [0.29, 0.717) is 16.7 Å². The first kappa shape index (κ1) is 10.3. The second-order valence-corrected chi connectivity index (χ2v) is 3.46. The lowest BCUT2D eigenvalue weighted by Crippen LogP contribution is -2.14. The quantitative estimate of drug-likeness (QED) is 0.833. The van der Waals surface area contributed by atoms with Crippen LogP contribution in [0.2, 0.25) is 5.15 Å². The van der Waals surface area contributed by atoms with Crippen molar-refractivity contribution in [3.8, 4) is 0 Å². The van der Waals surface area contributed by atoms with Gasteiger partial charge in [-0.15, -0.1) is 0 Å². The first-order valence-electron chi connectivity index (χ1n) is 3.48. The Kier molecular flexibility index (Phi) is 3.98. The summed E-state index contributed by atoms with van der Waals surface area (Å²) in [5.41, 5.74) is 0. The monoisotopic (exact) mass is 217 g/mol. The molecule has 1 heterocycles. The van der Waals surface area contributed by atoms with E-state index in [4.69, 9.17) is 11.6 Å². The number of amides is 1. The third kappa shape index (κ3) is 3.61. The molecule has 0 aromatic carbocycles. The highest BCUT2D eigenvalue weighted by atomic mass is 35.5. The Morgan fingerprint density at radius 3 is 2.92 bits per heavy atom. The molecule has 0 saturated carbocycles. The van der Waals surface area contributed by atoms with E-state index in [1.54, 1.807) is 0 Å². The van der Waals surface area contributed by atoms with Crippen LogP contribution in [0.25, 0.3) is 0 Å². The Morgan fingerprint density at radius 1 is 1.62 bits per heavy atom. The van der Waals surface area contributed by atoms with Crippen LogP contribution in [0.3, 0.4) is 0 Å². The highest BCUT2D eigenvalue weighted by molar-refractivity contribution is 7.99. The van der Waals surface area contributed by atoms with E-state index in [2.05, 4.69) is 15.3 Å². The number of nitrogens with one attached hydrogen (secondary N) is 1. The SMILES string of the molecule is CSCC(=O)Nc1cnc(Cl)cn1. The van der Waals surface area contributed by atoms with Gasteiger partial charge in [0, 0.05) is 0 Å². The van der Waals surface area contributed by atoms with Gasteiger partial charge in [-0.3, -0.25) is 4.79 Å². The van der Waals surface area contributed by atoms with Crippen molar-refractivity contribution in [1.82, 2.24) is 9.97 Å². The van der Waals surface area contributed by atoms with Crippen LogP contribution >= 0.6 is 23.4 Å². The first-order valence-corrected chi connectivity index (χ1v) is 5.26. The molecule has 0 bridgehead atoms. The van der Waals surface area contributed by atoms with Crippen molar-refractivity contribution < 1.29 is 4.79 Å². The molecule has 0 aliphatic carbocycles. The molecule has 0 radical (unpaired) electrons. The number of hydrogen-bond donors (Lipinski definition) is 1. The predicted octanol–water partition coefficient (Wildman–Crippen LogP) is 1.43. The fraction of sp³-hybridized carbons (Fsp3) is 0.286. The number of hydrogen-bond acceptors (Lipinski definition) is 4. The van der Waals surface area contributed by atoms with E-state index in [0.717, 1.165) is 0 Å². The maximum Gasteiger partial charge on any atom is 0.235 e. The van der Waals surface area contributed by atoms with Gasteiger partial charge in [-0.2, -0.15) is 11.8 Å². The third-order valence-corrected chi connectivity index (χ3v) is 1.91. The molecule has 0 aliphatic heterocycles. The average Bonchev–Trinajstić information content (AvgIpc) is 2.09. The number of rotatable bonds is 3. The van der Waals surface area contributed by atoms with Crippen molar-refractivity contribution in [2.75, 3.05) is 17.3 Å². The zero-order valence-electron chi connectivity index (χ0n) is 6.95.